The van der Waals surface area contributed by atoms with Gasteiger partial charge in [0.05, 0.1) is 23.2 Å². The maximum absolute atomic E-state index is 13.5. The van der Waals surface area contributed by atoms with Crippen molar-refractivity contribution in [3.8, 4) is 11.3 Å². The monoisotopic (exact) mass is 338 g/mol. The van der Waals surface area contributed by atoms with Crippen molar-refractivity contribution in [3.63, 3.8) is 0 Å². The summed E-state index contributed by atoms with van der Waals surface area (Å²) >= 11 is 0. The Balaban J connectivity index is 2.11. The molecule has 0 radical (unpaired) electrons. The highest BCUT2D eigenvalue weighted by molar-refractivity contribution is 7.91. The van der Waals surface area contributed by atoms with Crippen molar-refractivity contribution in [2.24, 2.45) is 0 Å². The third kappa shape index (κ3) is 2.98. The molecule has 0 saturated carbocycles. The summed E-state index contributed by atoms with van der Waals surface area (Å²) in [5, 5.41) is 13.2. The molecule has 1 atom stereocenters. The van der Waals surface area contributed by atoms with Crippen molar-refractivity contribution in [2.75, 3.05) is 11.5 Å². The van der Waals surface area contributed by atoms with Crippen LogP contribution in [0.25, 0.3) is 11.3 Å². The number of hydrogen-bond acceptors (Lipinski definition) is 4. The Morgan fingerprint density at radius 3 is 2.70 bits per heavy atom. The first-order valence-corrected chi connectivity index (χ1v) is 8.89. The molecule has 0 spiro atoms. The quantitative estimate of drug-likeness (QED) is 0.925. The molecular weight excluding hydrogens is 323 g/mol. The highest BCUT2D eigenvalue weighted by atomic mass is 32.2. The zero-order valence-corrected chi connectivity index (χ0v) is 13.2. The summed E-state index contributed by atoms with van der Waals surface area (Å²) in [6, 6.07) is 5.41. The molecular formula is C15H15FN2O4S. The average Bonchev–Trinajstić information content (AvgIpc) is 3.05. The molecule has 1 unspecified atom stereocenters. The van der Waals surface area contributed by atoms with Gasteiger partial charge in [-0.05, 0) is 43.2 Å². The van der Waals surface area contributed by atoms with Crippen LogP contribution in [0.15, 0.2) is 24.3 Å². The summed E-state index contributed by atoms with van der Waals surface area (Å²) < 4.78 is 38.3. The minimum absolute atomic E-state index is 0.0574. The van der Waals surface area contributed by atoms with Crippen molar-refractivity contribution in [2.45, 2.75) is 19.4 Å². The summed E-state index contributed by atoms with van der Waals surface area (Å²) in [5.74, 6) is -1.56. The number of hydrogen-bond donors (Lipinski definition) is 1. The Labute approximate surface area is 132 Å². The van der Waals surface area contributed by atoms with Gasteiger partial charge in [-0.2, -0.15) is 5.10 Å². The summed E-state index contributed by atoms with van der Waals surface area (Å²) in [5.41, 5.74) is 1.35. The molecule has 0 aliphatic carbocycles. The zero-order valence-electron chi connectivity index (χ0n) is 12.4. The number of carbonyl (C=O) groups is 1. The summed E-state index contributed by atoms with van der Waals surface area (Å²) in [6.07, 6.45) is 0.385. The van der Waals surface area contributed by atoms with E-state index in [2.05, 4.69) is 5.10 Å². The number of aromatic carboxylic acids is 1. The number of aryl methyl sites for hydroxylation is 1. The summed E-state index contributed by atoms with van der Waals surface area (Å²) in [6.45, 7) is 1.61. The van der Waals surface area contributed by atoms with Gasteiger partial charge in [0.1, 0.15) is 5.82 Å². The van der Waals surface area contributed by atoms with E-state index in [9.17, 15) is 17.6 Å². The van der Waals surface area contributed by atoms with Gasteiger partial charge in [-0.1, -0.05) is 0 Å². The SMILES string of the molecule is Cc1cc(-c2cc(C(=O)O)nn2C2CCS(=O)(=O)C2)ccc1F. The standard InChI is InChI=1S/C15H15FN2O4S/c1-9-6-10(2-3-12(9)16)14-7-13(15(19)20)17-18(14)11-4-5-23(21,22)8-11/h2-3,6-7,11H,4-5,8H2,1H3,(H,19,20). The lowest BCUT2D eigenvalue weighted by Gasteiger charge is -2.13. The van der Waals surface area contributed by atoms with Gasteiger partial charge in [-0.15, -0.1) is 0 Å². The van der Waals surface area contributed by atoms with Crippen LogP contribution >= 0.6 is 0 Å². The van der Waals surface area contributed by atoms with Gasteiger partial charge in [-0.25, -0.2) is 17.6 Å². The second kappa shape index (κ2) is 5.45. The molecule has 23 heavy (non-hydrogen) atoms. The molecule has 0 bridgehead atoms. The second-order valence-corrected chi connectivity index (χ2v) is 7.91. The van der Waals surface area contributed by atoms with Gasteiger partial charge in [0, 0.05) is 5.56 Å². The van der Waals surface area contributed by atoms with E-state index in [-0.39, 0.29) is 23.0 Å². The third-order valence-corrected chi connectivity index (χ3v) is 5.71. The Morgan fingerprint density at radius 2 is 2.13 bits per heavy atom. The molecule has 6 nitrogen and oxygen atoms in total. The fourth-order valence-corrected chi connectivity index (χ4v) is 4.46. The minimum Gasteiger partial charge on any atom is -0.476 e. The lowest BCUT2D eigenvalue weighted by Crippen LogP contribution is -2.14. The lowest BCUT2D eigenvalue weighted by atomic mass is 10.1. The highest BCUT2D eigenvalue weighted by Crippen LogP contribution is 2.30. The van der Waals surface area contributed by atoms with Gasteiger partial charge < -0.3 is 5.11 Å². The Kier molecular flexibility index (Phi) is 3.71. The predicted octanol–water partition coefficient (Wildman–Crippen LogP) is 2.06. The van der Waals surface area contributed by atoms with Crippen molar-refractivity contribution in [1.82, 2.24) is 9.78 Å². The van der Waals surface area contributed by atoms with Gasteiger partial charge >= 0.3 is 5.97 Å². The molecule has 3 rings (SSSR count). The number of halogens is 1. The Hall–Kier alpha value is -2.22. The first-order valence-electron chi connectivity index (χ1n) is 7.06. The van der Waals surface area contributed by atoms with Crippen molar-refractivity contribution < 1.29 is 22.7 Å². The van der Waals surface area contributed by atoms with E-state index in [0.717, 1.165) is 0 Å². The topological polar surface area (TPSA) is 89.3 Å². The van der Waals surface area contributed by atoms with Gasteiger partial charge in [0.25, 0.3) is 0 Å². The second-order valence-electron chi connectivity index (χ2n) is 5.69. The molecule has 122 valence electrons. The van der Waals surface area contributed by atoms with Crippen molar-refractivity contribution >= 4 is 15.8 Å². The summed E-state index contributed by atoms with van der Waals surface area (Å²) in [4.78, 5) is 11.2. The van der Waals surface area contributed by atoms with Gasteiger partial charge in [-0.3, -0.25) is 4.68 Å². The van der Waals surface area contributed by atoms with E-state index in [1.807, 2.05) is 0 Å². The van der Waals surface area contributed by atoms with E-state index in [1.165, 1.54) is 22.9 Å². The van der Waals surface area contributed by atoms with Gasteiger partial charge in [0.2, 0.25) is 0 Å². The largest absolute Gasteiger partial charge is 0.476 e. The predicted molar refractivity (Wildman–Crippen MR) is 81.6 cm³/mol. The number of carboxylic acids is 1. The van der Waals surface area contributed by atoms with Crippen molar-refractivity contribution in [3.05, 3.63) is 41.3 Å². The van der Waals surface area contributed by atoms with E-state index in [0.29, 0.717) is 23.2 Å². The molecule has 1 aromatic heterocycles. The molecule has 1 aromatic carbocycles. The molecule has 2 aromatic rings. The number of rotatable bonds is 3. The Morgan fingerprint density at radius 1 is 1.39 bits per heavy atom. The number of carboxylic acid groups (broad SMARTS) is 1. The highest BCUT2D eigenvalue weighted by Gasteiger charge is 2.32. The number of aromatic nitrogens is 2. The molecule has 1 fully saturated rings. The fraction of sp³-hybridized carbons (Fsp3) is 0.333. The molecule has 2 heterocycles. The zero-order chi connectivity index (χ0) is 16.8. The van der Waals surface area contributed by atoms with Crippen LogP contribution in [-0.2, 0) is 9.84 Å². The third-order valence-electron chi connectivity index (χ3n) is 3.96. The molecule has 1 aliphatic heterocycles. The number of nitrogens with zero attached hydrogens (tertiary/aromatic N) is 2. The normalized spacial score (nSPS) is 19.8. The van der Waals surface area contributed by atoms with E-state index >= 15 is 0 Å². The van der Waals surface area contributed by atoms with Crippen LogP contribution in [0.4, 0.5) is 4.39 Å². The maximum Gasteiger partial charge on any atom is 0.356 e. The first-order chi connectivity index (χ1) is 10.8. The molecule has 1 aliphatic rings. The molecule has 0 amide bonds. The van der Waals surface area contributed by atoms with E-state index in [4.69, 9.17) is 5.11 Å². The van der Waals surface area contributed by atoms with Crippen LogP contribution in [0.1, 0.15) is 28.5 Å². The molecule has 1 N–H and O–H groups in total. The van der Waals surface area contributed by atoms with Crippen LogP contribution in [0.5, 0.6) is 0 Å². The molecule has 8 heteroatoms. The number of benzene rings is 1. The number of sulfone groups is 1. The smallest absolute Gasteiger partial charge is 0.356 e. The maximum atomic E-state index is 13.5. The van der Waals surface area contributed by atoms with Crippen LogP contribution in [0.3, 0.4) is 0 Å². The van der Waals surface area contributed by atoms with E-state index < -0.39 is 21.8 Å². The van der Waals surface area contributed by atoms with E-state index in [1.54, 1.807) is 13.0 Å². The van der Waals surface area contributed by atoms with Crippen LogP contribution in [-0.4, -0.2) is 40.8 Å². The van der Waals surface area contributed by atoms with Crippen LogP contribution in [0, 0.1) is 12.7 Å². The fourth-order valence-electron chi connectivity index (χ4n) is 2.77. The van der Waals surface area contributed by atoms with Gasteiger partial charge in [0.15, 0.2) is 15.5 Å². The summed E-state index contributed by atoms with van der Waals surface area (Å²) in [7, 11) is -3.14. The first kappa shape index (κ1) is 15.7. The van der Waals surface area contributed by atoms with Crippen LogP contribution < -0.4 is 0 Å². The Bertz CT molecular complexity index is 889. The average molecular weight is 338 g/mol. The molecule has 1 saturated heterocycles. The van der Waals surface area contributed by atoms with Crippen LogP contribution in [0.2, 0.25) is 0 Å². The minimum atomic E-state index is -3.14. The lowest BCUT2D eigenvalue weighted by molar-refractivity contribution is 0.0689. The van der Waals surface area contributed by atoms with Crippen molar-refractivity contribution in [1.29, 1.82) is 0 Å².